The van der Waals surface area contributed by atoms with Crippen molar-refractivity contribution in [3.05, 3.63) is 58.3 Å². The Labute approximate surface area is 123 Å². The van der Waals surface area contributed by atoms with Crippen LogP contribution in [0.3, 0.4) is 0 Å². The highest BCUT2D eigenvalue weighted by molar-refractivity contribution is 7.12. The van der Waals surface area contributed by atoms with E-state index in [9.17, 15) is 9.90 Å². The predicted molar refractivity (Wildman–Crippen MR) is 82.3 cm³/mol. The minimum atomic E-state index is -0.422. The number of rotatable bonds is 8. The SMILES string of the molecule is O=C(CCNCC(O)Cc1ccccc1)c1cccs1. The number of hydrogen-bond acceptors (Lipinski definition) is 4. The van der Waals surface area contributed by atoms with Gasteiger partial charge in [-0.3, -0.25) is 4.79 Å². The normalized spacial score (nSPS) is 12.2. The van der Waals surface area contributed by atoms with Gasteiger partial charge in [0.15, 0.2) is 5.78 Å². The Morgan fingerprint density at radius 2 is 2.00 bits per heavy atom. The smallest absolute Gasteiger partial charge is 0.174 e. The molecule has 0 aliphatic rings. The third-order valence-electron chi connectivity index (χ3n) is 3.02. The number of hydrogen-bond donors (Lipinski definition) is 2. The highest BCUT2D eigenvalue weighted by Crippen LogP contribution is 2.10. The van der Waals surface area contributed by atoms with Crippen LogP contribution in [-0.2, 0) is 6.42 Å². The molecule has 0 aliphatic heterocycles. The van der Waals surface area contributed by atoms with Gasteiger partial charge in [0.2, 0.25) is 0 Å². The molecule has 1 unspecified atom stereocenters. The topological polar surface area (TPSA) is 49.3 Å². The van der Waals surface area contributed by atoms with Crippen molar-refractivity contribution < 1.29 is 9.90 Å². The molecule has 1 aromatic carbocycles. The van der Waals surface area contributed by atoms with Crippen molar-refractivity contribution in [2.75, 3.05) is 13.1 Å². The van der Waals surface area contributed by atoms with Crippen LogP contribution in [0.15, 0.2) is 47.8 Å². The molecule has 0 aliphatic carbocycles. The minimum Gasteiger partial charge on any atom is -0.391 e. The van der Waals surface area contributed by atoms with E-state index in [1.165, 1.54) is 11.3 Å². The van der Waals surface area contributed by atoms with E-state index >= 15 is 0 Å². The lowest BCUT2D eigenvalue weighted by Crippen LogP contribution is -2.29. The molecule has 2 aromatic rings. The number of carbonyl (C=O) groups is 1. The maximum Gasteiger partial charge on any atom is 0.174 e. The lowest BCUT2D eigenvalue weighted by atomic mass is 10.1. The molecule has 1 aromatic heterocycles. The molecule has 3 nitrogen and oxygen atoms in total. The fourth-order valence-corrected chi connectivity index (χ4v) is 2.68. The largest absolute Gasteiger partial charge is 0.391 e. The Morgan fingerprint density at radius 3 is 2.70 bits per heavy atom. The summed E-state index contributed by atoms with van der Waals surface area (Å²) in [6.07, 6.45) is 0.680. The number of Topliss-reactive ketones (excluding diaryl/α,β-unsaturated/α-hetero) is 1. The van der Waals surface area contributed by atoms with Crippen molar-refractivity contribution in [3.8, 4) is 0 Å². The van der Waals surface area contributed by atoms with Gasteiger partial charge in [-0.05, 0) is 23.4 Å². The van der Waals surface area contributed by atoms with Crippen LogP contribution in [0.1, 0.15) is 21.7 Å². The van der Waals surface area contributed by atoms with Crippen LogP contribution in [0.25, 0.3) is 0 Å². The van der Waals surface area contributed by atoms with Gasteiger partial charge >= 0.3 is 0 Å². The van der Waals surface area contributed by atoms with Gasteiger partial charge in [0.05, 0.1) is 11.0 Å². The highest BCUT2D eigenvalue weighted by atomic mass is 32.1. The Morgan fingerprint density at radius 1 is 1.20 bits per heavy atom. The first-order chi connectivity index (χ1) is 9.75. The van der Waals surface area contributed by atoms with E-state index in [2.05, 4.69) is 5.32 Å². The summed E-state index contributed by atoms with van der Waals surface area (Å²) in [5.74, 6) is 0.157. The van der Waals surface area contributed by atoms with Crippen LogP contribution in [0.5, 0.6) is 0 Å². The van der Waals surface area contributed by atoms with Gasteiger partial charge in [0, 0.05) is 19.5 Å². The summed E-state index contributed by atoms with van der Waals surface area (Å²) >= 11 is 1.47. The van der Waals surface area contributed by atoms with Crippen LogP contribution in [0.4, 0.5) is 0 Å². The van der Waals surface area contributed by atoms with Gasteiger partial charge in [-0.25, -0.2) is 0 Å². The van der Waals surface area contributed by atoms with E-state index in [0.29, 0.717) is 25.9 Å². The first-order valence-corrected chi connectivity index (χ1v) is 7.63. The second kappa shape index (κ2) is 7.94. The zero-order valence-corrected chi connectivity index (χ0v) is 12.1. The second-order valence-corrected chi connectivity index (χ2v) is 5.65. The molecule has 0 spiro atoms. The Balaban J connectivity index is 1.62. The van der Waals surface area contributed by atoms with E-state index in [4.69, 9.17) is 0 Å². The third-order valence-corrected chi connectivity index (χ3v) is 3.93. The van der Waals surface area contributed by atoms with Gasteiger partial charge in [-0.1, -0.05) is 36.4 Å². The first-order valence-electron chi connectivity index (χ1n) is 6.75. The van der Waals surface area contributed by atoms with E-state index in [1.807, 2.05) is 47.8 Å². The number of ketones is 1. The fourth-order valence-electron chi connectivity index (χ4n) is 1.99. The van der Waals surface area contributed by atoms with Crippen LogP contribution in [0.2, 0.25) is 0 Å². The summed E-state index contributed by atoms with van der Waals surface area (Å²) in [7, 11) is 0. The van der Waals surface area contributed by atoms with Crippen molar-refractivity contribution in [2.24, 2.45) is 0 Å². The fraction of sp³-hybridized carbons (Fsp3) is 0.312. The molecule has 2 rings (SSSR count). The van der Waals surface area contributed by atoms with Gasteiger partial charge in [0.25, 0.3) is 0 Å². The van der Waals surface area contributed by atoms with Crippen LogP contribution < -0.4 is 5.32 Å². The summed E-state index contributed by atoms with van der Waals surface area (Å²) in [6, 6.07) is 13.6. The quantitative estimate of drug-likeness (QED) is 0.580. The zero-order chi connectivity index (χ0) is 14.2. The molecule has 0 fully saturated rings. The van der Waals surface area contributed by atoms with Gasteiger partial charge in [0.1, 0.15) is 0 Å². The highest BCUT2D eigenvalue weighted by Gasteiger charge is 2.08. The maximum atomic E-state index is 11.7. The molecule has 0 amide bonds. The molecule has 106 valence electrons. The summed E-state index contributed by atoms with van der Waals surface area (Å²) in [5.41, 5.74) is 1.12. The van der Waals surface area contributed by atoms with Crippen LogP contribution in [-0.4, -0.2) is 30.1 Å². The van der Waals surface area contributed by atoms with Gasteiger partial charge < -0.3 is 10.4 Å². The number of aliphatic hydroxyl groups is 1. The zero-order valence-electron chi connectivity index (χ0n) is 11.3. The van der Waals surface area contributed by atoms with E-state index in [1.54, 1.807) is 0 Å². The summed E-state index contributed by atoms with van der Waals surface area (Å²) in [5, 5.41) is 14.9. The van der Waals surface area contributed by atoms with Crippen LogP contribution >= 0.6 is 11.3 Å². The minimum absolute atomic E-state index is 0.157. The second-order valence-electron chi connectivity index (χ2n) is 4.70. The number of aliphatic hydroxyl groups excluding tert-OH is 1. The number of benzene rings is 1. The van der Waals surface area contributed by atoms with Crippen molar-refractivity contribution in [1.82, 2.24) is 5.32 Å². The average Bonchev–Trinajstić information content (AvgIpc) is 2.99. The Bertz CT molecular complexity index is 511. The predicted octanol–water partition coefficient (Wildman–Crippen LogP) is 2.51. The molecule has 2 N–H and O–H groups in total. The third kappa shape index (κ3) is 4.89. The summed E-state index contributed by atoms with van der Waals surface area (Å²) in [6.45, 7) is 1.11. The van der Waals surface area contributed by atoms with Crippen molar-refractivity contribution in [3.63, 3.8) is 0 Å². The van der Waals surface area contributed by atoms with E-state index < -0.39 is 6.10 Å². The average molecular weight is 289 g/mol. The molecule has 20 heavy (non-hydrogen) atoms. The maximum absolute atomic E-state index is 11.7. The van der Waals surface area contributed by atoms with E-state index in [0.717, 1.165) is 10.4 Å². The first kappa shape index (κ1) is 14.9. The molecule has 0 bridgehead atoms. The number of carbonyl (C=O) groups excluding carboxylic acids is 1. The molecular formula is C16H19NO2S. The lowest BCUT2D eigenvalue weighted by Gasteiger charge is -2.11. The van der Waals surface area contributed by atoms with Gasteiger partial charge in [-0.2, -0.15) is 0 Å². The van der Waals surface area contributed by atoms with Crippen molar-refractivity contribution >= 4 is 17.1 Å². The Kier molecular flexibility index (Phi) is 5.92. The van der Waals surface area contributed by atoms with Crippen molar-refractivity contribution in [1.29, 1.82) is 0 Å². The summed E-state index contributed by atoms with van der Waals surface area (Å²) < 4.78 is 0. The van der Waals surface area contributed by atoms with Crippen molar-refractivity contribution in [2.45, 2.75) is 18.9 Å². The van der Waals surface area contributed by atoms with E-state index in [-0.39, 0.29) is 5.78 Å². The molecule has 0 saturated heterocycles. The lowest BCUT2D eigenvalue weighted by molar-refractivity contribution is 0.0983. The number of thiophene rings is 1. The van der Waals surface area contributed by atoms with Gasteiger partial charge in [-0.15, -0.1) is 11.3 Å². The molecule has 0 saturated carbocycles. The standard InChI is InChI=1S/C16H19NO2S/c18-14(11-13-5-2-1-3-6-13)12-17-9-8-15(19)16-7-4-10-20-16/h1-7,10,14,17-18H,8-9,11-12H2. The monoisotopic (exact) mass is 289 g/mol. The summed E-state index contributed by atoms with van der Waals surface area (Å²) in [4.78, 5) is 12.6. The number of nitrogens with one attached hydrogen (secondary N) is 1. The molecular weight excluding hydrogens is 270 g/mol. The molecule has 1 atom stereocenters. The molecule has 1 heterocycles. The Hall–Kier alpha value is -1.49. The molecule has 4 heteroatoms. The molecule has 0 radical (unpaired) electrons. The van der Waals surface area contributed by atoms with Crippen LogP contribution in [0, 0.1) is 0 Å².